The molecular weight excluding hydrogens is 366 g/mol. The van der Waals surface area contributed by atoms with Crippen molar-refractivity contribution in [2.24, 2.45) is 0 Å². The quantitative estimate of drug-likeness (QED) is 0.592. The molecule has 0 spiro atoms. The minimum absolute atomic E-state index is 0.0700. The minimum atomic E-state index is 0.0700. The molecule has 5 heteroatoms. The van der Waals surface area contributed by atoms with E-state index >= 15 is 0 Å². The second-order valence-corrected chi connectivity index (χ2v) is 7.07. The van der Waals surface area contributed by atoms with Gasteiger partial charge in [-0.3, -0.25) is 4.79 Å². The van der Waals surface area contributed by atoms with Gasteiger partial charge >= 0.3 is 0 Å². The van der Waals surface area contributed by atoms with E-state index in [1.807, 2.05) is 55.5 Å². The molecule has 0 unspecified atom stereocenters. The lowest BCUT2D eigenvalue weighted by molar-refractivity contribution is 0.102. The molecule has 0 saturated carbocycles. The SMILES string of the molecule is Cc1ccc(NC(=S)SCC(=O)c2ccc(Br)cc2)cc1. The van der Waals surface area contributed by atoms with Gasteiger partial charge in [0.1, 0.15) is 4.32 Å². The van der Waals surface area contributed by atoms with Gasteiger partial charge in [-0.2, -0.15) is 0 Å². The van der Waals surface area contributed by atoms with Crippen LogP contribution in [0, 0.1) is 6.92 Å². The number of ketones is 1. The van der Waals surface area contributed by atoms with E-state index in [0.717, 1.165) is 10.2 Å². The van der Waals surface area contributed by atoms with Gasteiger partial charge in [0.15, 0.2) is 5.78 Å². The van der Waals surface area contributed by atoms with E-state index in [1.54, 1.807) is 0 Å². The molecule has 0 aliphatic heterocycles. The van der Waals surface area contributed by atoms with Crippen LogP contribution >= 0.6 is 39.9 Å². The highest BCUT2D eigenvalue weighted by Crippen LogP contribution is 2.16. The lowest BCUT2D eigenvalue weighted by atomic mass is 10.2. The summed E-state index contributed by atoms with van der Waals surface area (Å²) in [6, 6.07) is 15.3. The van der Waals surface area contributed by atoms with Gasteiger partial charge in [-0.25, -0.2) is 0 Å². The third-order valence-corrected chi connectivity index (χ3v) is 4.55. The summed E-state index contributed by atoms with van der Waals surface area (Å²) in [5.74, 6) is 0.403. The second kappa shape index (κ2) is 7.73. The van der Waals surface area contributed by atoms with Gasteiger partial charge in [0.25, 0.3) is 0 Å². The molecule has 2 rings (SSSR count). The molecule has 0 aliphatic carbocycles. The highest BCUT2D eigenvalue weighted by molar-refractivity contribution is 9.10. The molecule has 2 aromatic carbocycles. The van der Waals surface area contributed by atoms with Crippen molar-refractivity contribution in [1.82, 2.24) is 0 Å². The van der Waals surface area contributed by atoms with Crippen LogP contribution in [-0.2, 0) is 0 Å². The van der Waals surface area contributed by atoms with Gasteiger partial charge in [0.2, 0.25) is 0 Å². The van der Waals surface area contributed by atoms with Crippen molar-refractivity contribution >= 4 is 55.7 Å². The van der Waals surface area contributed by atoms with Gasteiger partial charge in [-0.15, -0.1) is 0 Å². The van der Waals surface area contributed by atoms with Crippen LogP contribution in [0.25, 0.3) is 0 Å². The maximum atomic E-state index is 12.0. The fourth-order valence-corrected chi connectivity index (χ4v) is 2.82. The third kappa shape index (κ3) is 5.26. The number of anilines is 1. The van der Waals surface area contributed by atoms with Crippen molar-refractivity contribution in [3.63, 3.8) is 0 Å². The highest BCUT2D eigenvalue weighted by atomic mass is 79.9. The van der Waals surface area contributed by atoms with Crippen molar-refractivity contribution in [2.45, 2.75) is 6.92 Å². The normalized spacial score (nSPS) is 10.2. The van der Waals surface area contributed by atoms with E-state index in [2.05, 4.69) is 21.2 Å². The summed E-state index contributed by atoms with van der Waals surface area (Å²) in [5, 5.41) is 3.12. The Hall–Kier alpha value is -1.17. The average Bonchev–Trinajstić information content (AvgIpc) is 2.48. The molecule has 0 fully saturated rings. The number of hydrogen-bond donors (Lipinski definition) is 1. The second-order valence-electron chi connectivity index (χ2n) is 4.50. The molecule has 1 N–H and O–H groups in total. The van der Waals surface area contributed by atoms with Crippen LogP contribution in [0.1, 0.15) is 15.9 Å². The number of carbonyl (C=O) groups is 1. The summed E-state index contributed by atoms with van der Waals surface area (Å²) in [6.07, 6.45) is 0. The topological polar surface area (TPSA) is 29.1 Å². The summed E-state index contributed by atoms with van der Waals surface area (Å²) >= 11 is 9.94. The fourth-order valence-electron chi connectivity index (χ4n) is 1.64. The molecule has 0 aliphatic rings. The van der Waals surface area contributed by atoms with Gasteiger partial charge in [-0.05, 0) is 31.2 Å². The molecular formula is C16H14BrNOS2. The predicted octanol–water partition coefficient (Wildman–Crippen LogP) is 5.07. The van der Waals surface area contributed by atoms with Crippen molar-refractivity contribution in [1.29, 1.82) is 0 Å². The van der Waals surface area contributed by atoms with Crippen molar-refractivity contribution in [3.8, 4) is 0 Å². The molecule has 0 heterocycles. The smallest absolute Gasteiger partial charge is 0.173 e. The number of thioether (sulfide) groups is 1. The first-order valence-electron chi connectivity index (χ1n) is 6.34. The molecule has 0 atom stereocenters. The zero-order chi connectivity index (χ0) is 15.2. The number of rotatable bonds is 4. The standard InChI is InChI=1S/C16H14BrNOS2/c1-11-2-8-14(9-3-11)18-16(20)21-10-15(19)12-4-6-13(17)7-5-12/h2-9H,10H2,1H3,(H,18,20). The van der Waals surface area contributed by atoms with Gasteiger partial charge < -0.3 is 5.32 Å². The van der Waals surface area contributed by atoms with Gasteiger partial charge in [0, 0.05) is 15.7 Å². The number of nitrogens with one attached hydrogen (secondary N) is 1. The van der Waals surface area contributed by atoms with Gasteiger partial charge in [0.05, 0.1) is 5.75 Å². The number of halogens is 1. The van der Waals surface area contributed by atoms with Crippen molar-refractivity contribution in [3.05, 3.63) is 64.1 Å². The Bertz CT molecular complexity index is 638. The first kappa shape index (κ1) is 16.2. The zero-order valence-electron chi connectivity index (χ0n) is 11.4. The molecule has 0 amide bonds. The van der Waals surface area contributed by atoms with Crippen LogP contribution in [0.15, 0.2) is 53.0 Å². The average molecular weight is 380 g/mol. The van der Waals surface area contributed by atoms with Crippen LogP contribution in [0.4, 0.5) is 5.69 Å². The number of Topliss-reactive ketones (excluding diaryl/α,β-unsaturated/α-hetero) is 1. The Kier molecular flexibility index (Phi) is 5.96. The number of aryl methyl sites for hydroxylation is 1. The largest absolute Gasteiger partial charge is 0.341 e. The molecule has 2 nitrogen and oxygen atoms in total. The minimum Gasteiger partial charge on any atom is -0.341 e. The zero-order valence-corrected chi connectivity index (χ0v) is 14.6. The Morgan fingerprint density at radius 2 is 1.76 bits per heavy atom. The van der Waals surface area contributed by atoms with E-state index < -0.39 is 0 Å². The predicted molar refractivity (Wildman–Crippen MR) is 98.3 cm³/mol. The summed E-state index contributed by atoms with van der Waals surface area (Å²) in [7, 11) is 0. The van der Waals surface area contributed by atoms with Crippen LogP contribution in [0.2, 0.25) is 0 Å². The number of benzene rings is 2. The van der Waals surface area contributed by atoms with E-state index in [-0.39, 0.29) is 5.78 Å². The lowest BCUT2D eigenvalue weighted by Gasteiger charge is -2.07. The summed E-state index contributed by atoms with van der Waals surface area (Å²) in [4.78, 5) is 12.0. The van der Waals surface area contributed by atoms with Crippen molar-refractivity contribution in [2.75, 3.05) is 11.1 Å². The molecule has 0 radical (unpaired) electrons. The Morgan fingerprint density at radius 3 is 2.38 bits per heavy atom. The van der Waals surface area contributed by atoms with Gasteiger partial charge in [-0.1, -0.05) is 69.7 Å². The summed E-state index contributed by atoms with van der Waals surface area (Å²) < 4.78 is 1.56. The van der Waals surface area contributed by atoms with Crippen LogP contribution in [-0.4, -0.2) is 15.9 Å². The van der Waals surface area contributed by atoms with Crippen LogP contribution in [0.5, 0.6) is 0 Å². The number of carbonyl (C=O) groups excluding carboxylic acids is 1. The van der Waals surface area contributed by atoms with E-state index in [9.17, 15) is 4.79 Å². The van der Waals surface area contributed by atoms with E-state index in [0.29, 0.717) is 15.6 Å². The third-order valence-electron chi connectivity index (χ3n) is 2.80. The monoisotopic (exact) mass is 379 g/mol. The first-order chi connectivity index (χ1) is 10.0. The number of hydrogen-bond acceptors (Lipinski definition) is 3. The number of thiocarbonyl (C=S) groups is 1. The maximum absolute atomic E-state index is 12.0. The van der Waals surface area contributed by atoms with Crippen molar-refractivity contribution < 1.29 is 4.79 Å². The first-order valence-corrected chi connectivity index (χ1v) is 8.52. The summed E-state index contributed by atoms with van der Waals surface area (Å²) in [6.45, 7) is 2.04. The van der Waals surface area contributed by atoms with Crippen LogP contribution < -0.4 is 5.32 Å². The van der Waals surface area contributed by atoms with E-state index in [4.69, 9.17) is 12.2 Å². The van der Waals surface area contributed by atoms with Crippen LogP contribution in [0.3, 0.4) is 0 Å². The highest BCUT2D eigenvalue weighted by Gasteiger charge is 2.08. The molecule has 0 bridgehead atoms. The van der Waals surface area contributed by atoms with E-state index in [1.165, 1.54) is 17.3 Å². The Morgan fingerprint density at radius 1 is 1.14 bits per heavy atom. The molecule has 0 aromatic heterocycles. The summed E-state index contributed by atoms with van der Waals surface area (Å²) in [5.41, 5.74) is 2.84. The Labute approximate surface area is 142 Å². The fraction of sp³-hybridized carbons (Fsp3) is 0.125. The Balaban J connectivity index is 1.84. The molecule has 21 heavy (non-hydrogen) atoms. The molecule has 0 saturated heterocycles. The molecule has 2 aromatic rings. The molecule has 108 valence electrons. The lowest BCUT2D eigenvalue weighted by Crippen LogP contribution is -2.09. The maximum Gasteiger partial charge on any atom is 0.173 e.